The summed E-state index contributed by atoms with van der Waals surface area (Å²) in [6.45, 7) is 3.02. The number of halogens is 3. The highest BCUT2D eigenvalue weighted by Crippen LogP contribution is 2.59. The Kier molecular flexibility index (Phi) is 7.90. The van der Waals surface area contributed by atoms with E-state index in [2.05, 4.69) is 20.7 Å². The van der Waals surface area contributed by atoms with Crippen LogP contribution in [0, 0.1) is 12.3 Å². The standard InChI is InChI=1S/C32H35F3N6O4/c1-18-12-13-23(32(33,34)35)37-29(18)38-30(45)22-14-31-15-24(31)41(22)26(44)16-40-28-20(8-5-3-4-6-11-25(43)36-17-31)9-7-10-21(28)27(39-40)19(2)42/h7,9-10,12-13,22,24H,3-6,8,11,14-17H2,1-2H3,(H,36,43)(H,37,38,45)/t22-,24+,31-/m0/s1. The van der Waals surface area contributed by atoms with Gasteiger partial charge in [-0.05, 0) is 56.2 Å². The normalized spacial score (nSPS) is 24.2. The molecule has 3 amide bonds. The Bertz CT molecular complexity index is 1700. The van der Waals surface area contributed by atoms with Crippen LogP contribution in [0.2, 0.25) is 0 Å². The molecule has 1 aliphatic carbocycles. The number of piperidine rings is 1. The Morgan fingerprint density at radius 3 is 2.53 bits per heavy atom. The number of benzene rings is 1. The number of anilines is 1. The number of ketones is 1. The van der Waals surface area contributed by atoms with Crippen LogP contribution < -0.4 is 10.6 Å². The highest BCUT2D eigenvalue weighted by molar-refractivity contribution is 6.06. The molecule has 1 saturated heterocycles. The number of alkyl halides is 3. The van der Waals surface area contributed by atoms with E-state index in [-0.39, 0.29) is 48.8 Å². The number of nitrogens with zero attached hydrogens (tertiary/aromatic N) is 4. The number of hydrogen-bond donors (Lipinski definition) is 2. The smallest absolute Gasteiger partial charge is 0.355 e. The van der Waals surface area contributed by atoms with Crippen molar-refractivity contribution in [2.45, 2.75) is 90.0 Å². The predicted molar refractivity (Wildman–Crippen MR) is 158 cm³/mol. The largest absolute Gasteiger partial charge is 0.433 e. The number of para-hydroxylation sites is 1. The molecule has 10 nitrogen and oxygen atoms in total. The zero-order valence-electron chi connectivity index (χ0n) is 25.2. The monoisotopic (exact) mass is 624 g/mol. The van der Waals surface area contributed by atoms with Crippen molar-refractivity contribution in [2.24, 2.45) is 5.41 Å². The second-order valence-corrected chi connectivity index (χ2v) is 12.5. The molecule has 2 aromatic heterocycles. The molecule has 3 aliphatic rings. The fourth-order valence-corrected chi connectivity index (χ4v) is 6.90. The molecule has 1 saturated carbocycles. The van der Waals surface area contributed by atoms with Gasteiger partial charge in [-0.2, -0.15) is 18.3 Å². The summed E-state index contributed by atoms with van der Waals surface area (Å²) in [5.74, 6) is -1.60. The lowest BCUT2D eigenvalue weighted by molar-refractivity contribution is -0.141. The second kappa shape index (κ2) is 11.6. The Hall–Kier alpha value is -4.29. The maximum absolute atomic E-state index is 14.1. The average Bonchev–Trinajstić information content (AvgIpc) is 3.38. The van der Waals surface area contributed by atoms with E-state index in [0.717, 1.165) is 37.3 Å². The van der Waals surface area contributed by atoms with Gasteiger partial charge in [0.2, 0.25) is 17.7 Å². The van der Waals surface area contributed by atoms with Crippen molar-refractivity contribution >= 4 is 40.2 Å². The lowest BCUT2D eigenvalue weighted by Gasteiger charge is -2.27. The highest BCUT2D eigenvalue weighted by atomic mass is 19.4. The second-order valence-electron chi connectivity index (χ2n) is 12.5. The van der Waals surface area contributed by atoms with Gasteiger partial charge in [0, 0.05) is 36.7 Å². The molecule has 4 heterocycles. The first kappa shape index (κ1) is 30.7. The van der Waals surface area contributed by atoms with Crippen LogP contribution in [0.25, 0.3) is 10.9 Å². The molecule has 0 radical (unpaired) electrons. The van der Waals surface area contributed by atoms with E-state index in [9.17, 15) is 32.3 Å². The van der Waals surface area contributed by atoms with Crippen LogP contribution in [0.5, 0.6) is 0 Å². The summed E-state index contributed by atoms with van der Waals surface area (Å²) in [7, 11) is 0. The molecule has 1 aromatic carbocycles. The van der Waals surface area contributed by atoms with E-state index in [1.54, 1.807) is 4.68 Å². The van der Waals surface area contributed by atoms with Gasteiger partial charge >= 0.3 is 6.18 Å². The van der Waals surface area contributed by atoms with Crippen molar-refractivity contribution in [3.63, 3.8) is 0 Å². The number of rotatable bonds is 3. The first-order valence-corrected chi connectivity index (χ1v) is 15.3. The number of aromatic nitrogens is 3. The van der Waals surface area contributed by atoms with Gasteiger partial charge in [-0.3, -0.25) is 23.9 Å². The van der Waals surface area contributed by atoms with Crippen molar-refractivity contribution < 1.29 is 32.3 Å². The Morgan fingerprint density at radius 2 is 1.80 bits per heavy atom. The number of pyridine rings is 1. The summed E-state index contributed by atoms with van der Waals surface area (Å²) in [6.07, 6.45) is 0.583. The summed E-state index contributed by atoms with van der Waals surface area (Å²) in [5.41, 5.74) is 0.584. The van der Waals surface area contributed by atoms with E-state index in [4.69, 9.17) is 0 Å². The molecular formula is C32H35F3N6O4. The minimum Gasteiger partial charge on any atom is -0.355 e. The molecule has 0 unspecified atom stereocenters. The third-order valence-corrected chi connectivity index (χ3v) is 9.35. The first-order chi connectivity index (χ1) is 21.4. The van der Waals surface area contributed by atoms with Gasteiger partial charge in [-0.15, -0.1) is 0 Å². The maximum atomic E-state index is 14.1. The molecule has 2 bridgehead atoms. The predicted octanol–water partition coefficient (Wildman–Crippen LogP) is 4.58. The molecule has 2 fully saturated rings. The van der Waals surface area contributed by atoms with Crippen LogP contribution in [0.4, 0.5) is 19.0 Å². The van der Waals surface area contributed by atoms with Gasteiger partial charge < -0.3 is 15.5 Å². The summed E-state index contributed by atoms with van der Waals surface area (Å²) in [4.78, 5) is 58.1. The van der Waals surface area contributed by atoms with E-state index >= 15 is 0 Å². The van der Waals surface area contributed by atoms with Crippen molar-refractivity contribution in [2.75, 3.05) is 11.9 Å². The van der Waals surface area contributed by atoms with E-state index in [1.807, 2.05) is 18.2 Å². The molecule has 0 spiro atoms. The van der Waals surface area contributed by atoms with Gasteiger partial charge in [0.25, 0.3) is 0 Å². The van der Waals surface area contributed by atoms with Crippen LogP contribution in [0.3, 0.4) is 0 Å². The van der Waals surface area contributed by atoms with Crippen LogP contribution in [0.1, 0.15) is 79.2 Å². The quantitative estimate of drug-likeness (QED) is 0.411. The Morgan fingerprint density at radius 1 is 1.04 bits per heavy atom. The van der Waals surface area contributed by atoms with E-state index < -0.39 is 35.1 Å². The molecular weight excluding hydrogens is 589 g/mol. The molecule has 6 rings (SSSR count). The number of hydrogen-bond acceptors (Lipinski definition) is 6. The van der Waals surface area contributed by atoms with Gasteiger partial charge in [-0.25, -0.2) is 4.98 Å². The minimum absolute atomic E-state index is 0.0874. The van der Waals surface area contributed by atoms with Gasteiger partial charge in [0.05, 0.1) is 5.52 Å². The number of nitrogens with one attached hydrogen (secondary N) is 2. The fraction of sp³-hybridized carbons (Fsp3) is 0.500. The minimum atomic E-state index is -4.70. The lowest BCUT2D eigenvalue weighted by atomic mass is 9.98. The van der Waals surface area contributed by atoms with Crippen LogP contribution in [0.15, 0.2) is 30.3 Å². The van der Waals surface area contributed by atoms with Crippen molar-refractivity contribution in [3.05, 3.63) is 52.8 Å². The Labute approximate surface area is 257 Å². The van der Waals surface area contributed by atoms with Gasteiger partial charge in [0.15, 0.2) is 5.78 Å². The zero-order chi connectivity index (χ0) is 32.1. The van der Waals surface area contributed by atoms with Gasteiger partial charge in [0.1, 0.15) is 29.8 Å². The lowest BCUT2D eigenvalue weighted by Crippen LogP contribution is -2.47. The molecule has 2 aliphatic heterocycles. The van der Waals surface area contributed by atoms with Gasteiger partial charge in [-0.1, -0.05) is 37.1 Å². The van der Waals surface area contributed by atoms with Crippen molar-refractivity contribution in [1.29, 1.82) is 0 Å². The molecule has 3 atom stereocenters. The summed E-state index contributed by atoms with van der Waals surface area (Å²) < 4.78 is 41.7. The number of aryl methyl sites for hydroxylation is 2. The Balaban J connectivity index is 1.35. The van der Waals surface area contributed by atoms with Crippen molar-refractivity contribution in [3.8, 4) is 0 Å². The molecule has 45 heavy (non-hydrogen) atoms. The van der Waals surface area contributed by atoms with Crippen LogP contribution in [-0.4, -0.2) is 61.8 Å². The molecule has 2 N–H and O–H groups in total. The third-order valence-electron chi connectivity index (χ3n) is 9.35. The van der Waals surface area contributed by atoms with E-state index in [1.165, 1.54) is 24.8 Å². The zero-order valence-corrected chi connectivity index (χ0v) is 25.2. The summed E-state index contributed by atoms with van der Waals surface area (Å²) >= 11 is 0. The fourth-order valence-electron chi connectivity index (χ4n) is 6.90. The number of Topliss-reactive ketones (excluding diaryl/α,β-unsaturated/α-hetero) is 1. The summed E-state index contributed by atoms with van der Waals surface area (Å²) in [5, 5.41) is 10.7. The van der Waals surface area contributed by atoms with Crippen LogP contribution in [-0.2, 0) is 33.5 Å². The number of amides is 3. The number of carbonyl (C=O) groups excluding carboxylic acids is 4. The SMILES string of the molecule is CC(=O)c1nn2c3c(cccc13)CCCCCCC(=O)NC[C@@]13C[C@@H](C(=O)Nc4nc(C(F)(F)F)ccc4C)N(C(=O)C2)[C@@H]1C3. The average molecular weight is 625 g/mol. The van der Waals surface area contributed by atoms with Crippen LogP contribution >= 0.6 is 0 Å². The molecule has 3 aromatic rings. The van der Waals surface area contributed by atoms with E-state index in [0.29, 0.717) is 35.7 Å². The maximum Gasteiger partial charge on any atom is 0.433 e. The van der Waals surface area contributed by atoms with Crippen molar-refractivity contribution in [1.82, 2.24) is 25.0 Å². The molecule has 13 heteroatoms. The highest BCUT2D eigenvalue weighted by Gasteiger charge is 2.67. The molecule has 238 valence electrons. The first-order valence-electron chi connectivity index (χ1n) is 15.3. The third kappa shape index (κ3) is 5.91. The topological polar surface area (TPSA) is 126 Å². The summed E-state index contributed by atoms with van der Waals surface area (Å²) in [6, 6.07) is 6.37. The number of carbonyl (C=O) groups is 4.